The van der Waals surface area contributed by atoms with Crippen LogP contribution in [-0.2, 0) is 9.53 Å². The minimum Gasteiger partial charge on any atom is -0.443 e. The van der Waals surface area contributed by atoms with E-state index in [4.69, 9.17) is 4.74 Å². The fraction of sp³-hybridized carbons (Fsp3) is 0.588. The second-order valence-corrected chi connectivity index (χ2v) is 6.68. The maximum atomic E-state index is 12.2. The first-order valence-electron chi connectivity index (χ1n) is 8.03. The van der Waals surface area contributed by atoms with Crippen LogP contribution in [0.25, 0.3) is 0 Å². The first-order valence-corrected chi connectivity index (χ1v) is 8.03. The van der Waals surface area contributed by atoms with E-state index in [1.54, 1.807) is 11.1 Å². The standard InChI is InChI=1S/C17H25N3O3/c1-5-20(16(22)23-17(2,3)4)15-9-8-13(11-18-15)14-7-6-10-19(14)12-21/h8-9,11-12,14H,5-7,10H2,1-4H3. The Balaban J connectivity index is 2.14. The van der Waals surface area contributed by atoms with Gasteiger partial charge in [0.2, 0.25) is 6.41 Å². The lowest BCUT2D eigenvalue weighted by Gasteiger charge is -2.26. The number of rotatable bonds is 4. The average molecular weight is 319 g/mol. The van der Waals surface area contributed by atoms with Gasteiger partial charge in [-0.15, -0.1) is 0 Å². The van der Waals surface area contributed by atoms with Gasteiger partial charge in [-0.2, -0.15) is 0 Å². The molecule has 126 valence electrons. The van der Waals surface area contributed by atoms with Crippen LogP contribution in [0.15, 0.2) is 18.3 Å². The van der Waals surface area contributed by atoms with E-state index < -0.39 is 11.7 Å². The van der Waals surface area contributed by atoms with E-state index in [9.17, 15) is 9.59 Å². The Hall–Kier alpha value is -2.11. The summed E-state index contributed by atoms with van der Waals surface area (Å²) >= 11 is 0. The van der Waals surface area contributed by atoms with Crippen LogP contribution in [-0.4, -0.2) is 41.1 Å². The van der Waals surface area contributed by atoms with Gasteiger partial charge in [-0.3, -0.25) is 9.69 Å². The molecular weight excluding hydrogens is 294 g/mol. The lowest BCUT2D eigenvalue weighted by Crippen LogP contribution is -2.37. The van der Waals surface area contributed by atoms with Crippen LogP contribution in [0.4, 0.5) is 10.6 Å². The first kappa shape index (κ1) is 17.2. The fourth-order valence-corrected chi connectivity index (χ4v) is 2.73. The SMILES string of the molecule is CCN(C(=O)OC(C)(C)C)c1ccc(C2CCCN2C=O)cn1. The maximum absolute atomic E-state index is 12.2. The van der Waals surface area contributed by atoms with Crippen molar-refractivity contribution in [2.24, 2.45) is 0 Å². The Kier molecular flexibility index (Phi) is 5.23. The van der Waals surface area contributed by atoms with Crippen molar-refractivity contribution in [3.8, 4) is 0 Å². The second kappa shape index (κ2) is 6.98. The molecule has 6 nitrogen and oxygen atoms in total. The molecule has 0 aromatic carbocycles. The molecule has 0 saturated carbocycles. The average Bonchev–Trinajstić information content (AvgIpc) is 2.95. The molecule has 2 amide bonds. The number of ether oxygens (including phenoxy) is 1. The molecule has 1 aliphatic heterocycles. The third-order valence-corrected chi connectivity index (χ3v) is 3.79. The molecule has 6 heteroatoms. The summed E-state index contributed by atoms with van der Waals surface area (Å²) in [4.78, 5) is 31.0. The molecule has 1 fully saturated rings. The van der Waals surface area contributed by atoms with E-state index in [0.29, 0.717) is 12.4 Å². The lowest BCUT2D eigenvalue weighted by molar-refractivity contribution is -0.118. The topological polar surface area (TPSA) is 62.7 Å². The lowest BCUT2D eigenvalue weighted by atomic mass is 10.1. The van der Waals surface area contributed by atoms with Crippen LogP contribution in [0.3, 0.4) is 0 Å². The predicted molar refractivity (Wildman–Crippen MR) is 88.2 cm³/mol. The summed E-state index contributed by atoms with van der Waals surface area (Å²) in [6.07, 6.45) is 4.18. The van der Waals surface area contributed by atoms with Gasteiger partial charge in [0, 0.05) is 19.3 Å². The van der Waals surface area contributed by atoms with Crippen molar-refractivity contribution in [1.29, 1.82) is 0 Å². The monoisotopic (exact) mass is 319 g/mol. The normalized spacial score (nSPS) is 17.9. The highest BCUT2D eigenvalue weighted by atomic mass is 16.6. The summed E-state index contributed by atoms with van der Waals surface area (Å²) in [5.41, 5.74) is 0.456. The van der Waals surface area contributed by atoms with Gasteiger partial charge in [0.1, 0.15) is 11.4 Å². The number of hydrogen-bond donors (Lipinski definition) is 0. The number of nitrogens with zero attached hydrogens (tertiary/aromatic N) is 3. The number of hydrogen-bond acceptors (Lipinski definition) is 4. The Morgan fingerprint density at radius 1 is 1.48 bits per heavy atom. The van der Waals surface area contributed by atoms with Crippen molar-refractivity contribution < 1.29 is 14.3 Å². The van der Waals surface area contributed by atoms with Crippen LogP contribution in [0.5, 0.6) is 0 Å². The molecule has 1 unspecified atom stereocenters. The molecule has 1 aliphatic rings. The summed E-state index contributed by atoms with van der Waals surface area (Å²) < 4.78 is 5.40. The van der Waals surface area contributed by atoms with Crippen molar-refractivity contribution in [1.82, 2.24) is 9.88 Å². The molecule has 2 rings (SSSR count). The smallest absolute Gasteiger partial charge is 0.415 e. The summed E-state index contributed by atoms with van der Waals surface area (Å²) in [5.74, 6) is 0.557. The van der Waals surface area contributed by atoms with Gasteiger partial charge in [0.25, 0.3) is 0 Å². The largest absolute Gasteiger partial charge is 0.443 e. The van der Waals surface area contributed by atoms with Gasteiger partial charge in [-0.05, 0) is 52.2 Å². The van der Waals surface area contributed by atoms with Crippen LogP contribution in [0.2, 0.25) is 0 Å². The number of aromatic nitrogens is 1. The zero-order chi connectivity index (χ0) is 17.0. The van der Waals surface area contributed by atoms with Crippen LogP contribution >= 0.6 is 0 Å². The molecule has 0 bridgehead atoms. The van der Waals surface area contributed by atoms with Gasteiger partial charge in [0.15, 0.2) is 0 Å². The molecule has 1 saturated heterocycles. The number of carbonyl (C=O) groups excluding carboxylic acids is 2. The van der Waals surface area contributed by atoms with Gasteiger partial charge >= 0.3 is 6.09 Å². The number of likely N-dealkylation sites (tertiary alicyclic amines) is 1. The van der Waals surface area contributed by atoms with Crippen LogP contribution < -0.4 is 4.90 Å². The van der Waals surface area contributed by atoms with Crippen molar-refractivity contribution in [2.75, 3.05) is 18.0 Å². The Labute approximate surface area is 137 Å². The summed E-state index contributed by atoms with van der Waals surface area (Å²) in [6.45, 7) is 8.65. The zero-order valence-electron chi connectivity index (χ0n) is 14.3. The summed E-state index contributed by atoms with van der Waals surface area (Å²) in [5, 5.41) is 0. The van der Waals surface area contributed by atoms with Crippen LogP contribution in [0.1, 0.15) is 52.1 Å². The molecule has 23 heavy (non-hydrogen) atoms. The van der Waals surface area contributed by atoms with Gasteiger partial charge in [-0.25, -0.2) is 9.78 Å². The van der Waals surface area contributed by atoms with E-state index in [-0.39, 0.29) is 6.04 Å². The molecule has 0 aliphatic carbocycles. The fourth-order valence-electron chi connectivity index (χ4n) is 2.73. The summed E-state index contributed by atoms with van der Waals surface area (Å²) in [7, 11) is 0. The molecule has 0 N–H and O–H groups in total. The van der Waals surface area contributed by atoms with E-state index in [2.05, 4.69) is 4.98 Å². The molecular formula is C17H25N3O3. The first-order chi connectivity index (χ1) is 10.9. The molecule has 2 heterocycles. The quantitative estimate of drug-likeness (QED) is 0.800. The highest BCUT2D eigenvalue weighted by molar-refractivity contribution is 5.86. The predicted octanol–water partition coefficient (Wildman–Crippen LogP) is 3.14. The van der Waals surface area contributed by atoms with E-state index >= 15 is 0 Å². The van der Waals surface area contributed by atoms with Gasteiger partial charge in [0.05, 0.1) is 6.04 Å². The second-order valence-electron chi connectivity index (χ2n) is 6.68. The minimum atomic E-state index is -0.543. The molecule has 1 aromatic rings. The molecule has 1 aromatic heterocycles. The third-order valence-electron chi connectivity index (χ3n) is 3.79. The van der Waals surface area contributed by atoms with Crippen molar-refractivity contribution in [2.45, 2.75) is 52.2 Å². The van der Waals surface area contributed by atoms with Gasteiger partial charge < -0.3 is 9.64 Å². The Morgan fingerprint density at radius 3 is 2.74 bits per heavy atom. The molecule has 1 atom stereocenters. The van der Waals surface area contributed by atoms with Crippen LogP contribution in [0, 0.1) is 0 Å². The molecule has 0 radical (unpaired) electrons. The highest BCUT2D eigenvalue weighted by Gasteiger charge is 2.26. The van der Waals surface area contributed by atoms with Gasteiger partial charge in [-0.1, -0.05) is 6.07 Å². The number of anilines is 1. The zero-order valence-corrected chi connectivity index (χ0v) is 14.3. The van der Waals surface area contributed by atoms with E-state index in [1.165, 1.54) is 4.90 Å². The van der Waals surface area contributed by atoms with Crippen molar-refractivity contribution >= 4 is 18.3 Å². The van der Waals surface area contributed by atoms with Crippen molar-refractivity contribution in [3.05, 3.63) is 23.9 Å². The number of carbonyl (C=O) groups is 2. The summed E-state index contributed by atoms with van der Waals surface area (Å²) in [6, 6.07) is 3.83. The third kappa shape index (κ3) is 4.21. The number of pyridine rings is 1. The van der Waals surface area contributed by atoms with E-state index in [0.717, 1.165) is 31.4 Å². The Bertz CT molecular complexity index is 551. The molecule has 0 spiro atoms. The minimum absolute atomic E-state index is 0.0886. The maximum Gasteiger partial charge on any atom is 0.415 e. The van der Waals surface area contributed by atoms with E-state index in [1.807, 2.05) is 39.8 Å². The number of amides is 2. The highest BCUT2D eigenvalue weighted by Crippen LogP contribution is 2.30. The van der Waals surface area contributed by atoms with Crippen molar-refractivity contribution in [3.63, 3.8) is 0 Å². The Morgan fingerprint density at radius 2 is 2.22 bits per heavy atom.